The molecule has 1 saturated carbocycles. The van der Waals surface area contributed by atoms with Crippen molar-refractivity contribution < 1.29 is 18.8 Å². The van der Waals surface area contributed by atoms with Crippen molar-refractivity contribution in [2.75, 3.05) is 37.4 Å². The molecule has 1 aromatic heterocycles. The molecule has 1 fully saturated rings. The number of hydrogen-bond donors (Lipinski definition) is 2. The smallest absolute Gasteiger partial charge is 0.286 e. The Balaban J connectivity index is 1.31. The number of amidine groups is 1. The first-order valence-electron chi connectivity index (χ1n) is 17.7. The van der Waals surface area contributed by atoms with Gasteiger partial charge in [-0.3, -0.25) is 19.2 Å². The van der Waals surface area contributed by atoms with E-state index in [1.165, 1.54) is 11.1 Å². The monoisotopic (exact) mass is 731 g/mol. The summed E-state index contributed by atoms with van der Waals surface area (Å²) < 4.78 is 30.4. The largest absolute Gasteiger partial charge is 0.490 e. The van der Waals surface area contributed by atoms with Gasteiger partial charge in [-0.25, -0.2) is 9.20 Å². The molecule has 3 heterocycles. The molecule has 1 amide bonds. The third-order valence-electron chi connectivity index (χ3n) is 11.0. The summed E-state index contributed by atoms with van der Waals surface area (Å²) >= 11 is 6.45. The summed E-state index contributed by atoms with van der Waals surface area (Å²) in [5, 5.41) is 16.4. The normalized spacial score (nSPS) is 30.2. The summed E-state index contributed by atoms with van der Waals surface area (Å²) in [5.74, 6) is 0.973. The molecule has 0 radical (unpaired) electrons. The molecule has 270 valence electrons. The number of hydrogen-bond acceptors (Lipinski definition) is 8. The van der Waals surface area contributed by atoms with Gasteiger partial charge in [-0.05, 0) is 104 Å². The Morgan fingerprint density at radius 2 is 2.08 bits per heavy atom. The van der Waals surface area contributed by atoms with Gasteiger partial charge in [-0.2, -0.15) is 5.10 Å². The summed E-state index contributed by atoms with van der Waals surface area (Å²) in [7, 11) is -0.107. The van der Waals surface area contributed by atoms with Crippen molar-refractivity contribution in [2.45, 2.75) is 57.0 Å². The van der Waals surface area contributed by atoms with E-state index in [1.54, 1.807) is 31.0 Å². The number of nitrogens with one attached hydrogen (secondary N) is 1. The lowest BCUT2D eigenvalue weighted by molar-refractivity contribution is 0.0456. The van der Waals surface area contributed by atoms with Crippen molar-refractivity contribution in [3.63, 3.8) is 0 Å². The number of anilines is 1. The van der Waals surface area contributed by atoms with Crippen LogP contribution in [-0.2, 0) is 28.8 Å². The number of aromatic nitrogens is 2. The van der Waals surface area contributed by atoms with Gasteiger partial charge in [0.05, 0.1) is 29.7 Å². The van der Waals surface area contributed by atoms with Gasteiger partial charge in [0.15, 0.2) is 5.82 Å². The predicted octanol–water partition coefficient (Wildman–Crippen LogP) is 6.05. The Morgan fingerprint density at radius 3 is 2.84 bits per heavy atom. The molecule has 1 spiro atoms. The van der Waals surface area contributed by atoms with Crippen LogP contribution in [0.2, 0.25) is 5.02 Å². The molecule has 2 aromatic carbocycles. The second kappa shape index (κ2) is 14.2. The molecular weight excluding hydrogens is 686 g/mol. The number of halogens is 1. The highest BCUT2D eigenvalue weighted by Crippen LogP contribution is 2.47. The van der Waals surface area contributed by atoms with Gasteiger partial charge in [-0.15, -0.1) is 4.36 Å². The topological polar surface area (TPSA) is 134 Å². The molecule has 2 aliphatic heterocycles. The maximum atomic E-state index is 14.8. The fourth-order valence-electron chi connectivity index (χ4n) is 8.27. The van der Waals surface area contributed by atoms with Crippen LogP contribution < -0.4 is 14.4 Å². The zero-order chi connectivity index (χ0) is 35.9. The van der Waals surface area contributed by atoms with Gasteiger partial charge < -0.3 is 14.7 Å². The average Bonchev–Trinajstić information content (AvgIpc) is 3.39. The minimum absolute atomic E-state index is 0.0630. The number of nitrogens with zero attached hydrogens (tertiary/aromatic N) is 6. The third-order valence-corrected chi connectivity index (χ3v) is 13.2. The van der Waals surface area contributed by atoms with Crippen LogP contribution in [0.1, 0.15) is 66.1 Å². The van der Waals surface area contributed by atoms with Crippen LogP contribution >= 0.6 is 11.6 Å². The van der Waals surface area contributed by atoms with Crippen molar-refractivity contribution >= 4 is 51.5 Å². The van der Waals surface area contributed by atoms with Crippen LogP contribution in [0, 0.1) is 17.8 Å². The lowest BCUT2D eigenvalue weighted by atomic mass is 9.68. The molecule has 1 unspecified atom stereocenters. The third kappa shape index (κ3) is 7.10. The SMILES string of the molecule is C=Nc1nn(C)cc1C(=NC)NS1(=O)=NC(=O)c2ccc3c(c2)N(C[C@@H]2CC[C@H]2[C@@H](O)/C=C/C[C@H](C)C1)C[C@@]1(CCCc2cc(Cl)ccc21)CO3. The summed E-state index contributed by atoms with van der Waals surface area (Å²) in [6.07, 6.45) is 10.4. The number of fused-ring (bicyclic) bond motifs is 4. The number of aliphatic hydroxyl groups is 1. The Bertz CT molecular complexity index is 2040. The number of carbonyl (C=O) groups is 1. The number of carbonyl (C=O) groups excluding carboxylic acids is 1. The summed E-state index contributed by atoms with van der Waals surface area (Å²) in [5.41, 5.74) is 3.85. The first-order chi connectivity index (χ1) is 24.5. The molecule has 0 saturated heterocycles. The predicted molar refractivity (Wildman–Crippen MR) is 203 cm³/mol. The average molecular weight is 732 g/mol. The van der Waals surface area contributed by atoms with Crippen LogP contribution in [0.5, 0.6) is 5.75 Å². The maximum Gasteiger partial charge on any atom is 0.286 e. The molecule has 2 N–H and O–H groups in total. The van der Waals surface area contributed by atoms with Crippen molar-refractivity contribution in [2.24, 2.45) is 39.1 Å². The van der Waals surface area contributed by atoms with Gasteiger partial charge in [0.1, 0.15) is 21.5 Å². The molecule has 51 heavy (non-hydrogen) atoms. The maximum absolute atomic E-state index is 14.8. The van der Waals surface area contributed by atoms with Crippen LogP contribution in [0.25, 0.3) is 0 Å². The molecule has 11 nitrogen and oxygen atoms in total. The number of aliphatic hydroxyl groups excluding tert-OH is 1. The van der Waals surface area contributed by atoms with E-state index < -0.39 is 21.9 Å². The lowest BCUT2D eigenvalue weighted by Gasteiger charge is -2.45. The highest BCUT2D eigenvalue weighted by atomic mass is 35.5. The number of rotatable bonds is 3. The fraction of sp³-hybridized carbons (Fsp3) is 0.474. The Kier molecular flexibility index (Phi) is 9.86. The molecule has 4 aliphatic rings. The van der Waals surface area contributed by atoms with Crippen molar-refractivity contribution in [3.05, 3.63) is 82.0 Å². The minimum atomic E-state index is -3.42. The first-order valence-corrected chi connectivity index (χ1v) is 19.8. The van der Waals surface area contributed by atoms with E-state index in [1.807, 2.05) is 37.3 Å². The highest BCUT2D eigenvalue weighted by molar-refractivity contribution is 7.92. The zero-order valence-electron chi connectivity index (χ0n) is 29.4. The van der Waals surface area contributed by atoms with Crippen molar-refractivity contribution in [1.29, 1.82) is 0 Å². The van der Waals surface area contributed by atoms with E-state index in [9.17, 15) is 14.1 Å². The van der Waals surface area contributed by atoms with Crippen LogP contribution in [0.15, 0.2) is 69.1 Å². The Morgan fingerprint density at radius 1 is 1.24 bits per heavy atom. The van der Waals surface area contributed by atoms with Gasteiger partial charge in [0.25, 0.3) is 5.91 Å². The minimum Gasteiger partial charge on any atom is -0.490 e. The molecule has 3 aromatic rings. The van der Waals surface area contributed by atoms with Gasteiger partial charge in [-0.1, -0.05) is 36.7 Å². The second-order valence-corrected chi connectivity index (χ2v) is 17.1. The molecule has 6 atom stereocenters. The van der Waals surface area contributed by atoms with E-state index in [4.69, 9.17) is 16.3 Å². The second-order valence-electron chi connectivity index (χ2n) is 14.6. The number of aliphatic imine (C=N–C) groups is 2. The number of allylic oxidation sites excluding steroid dienone is 1. The first kappa shape index (κ1) is 35.4. The standard InChI is InChI=1S/C38H46ClN7O4S/c1-24-7-5-9-33(47)29-13-10-27(29)19-46-22-38(16-6-8-25-17-28(39)12-14-31(25)38)23-50-34-15-11-26(18-32(34)46)37(48)44-51(49,21-24)43-36(41-3)30-20-45(4)42-35(30)40-2/h5,9,11-12,14-15,17-18,20,24,27,29,33,47H,2,6-8,10,13,16,19,21-23H2,1,3-4H3,(H,41,43,44,48,49)/b9-5+/t24-,27-,29+,33-,38-,51?/m0/s1. The lowest BCUT2D eigenvalue weighted by Crippen LogP contribution is -2.49. The molecule has 2 aliphatic carbocycles. The number of aryl methyl sites for hydroxylation is 2. The molecule has 13 heteroatoms. The van der Waals surface area contributed by atoms with Crippen molar-refractivity contribution in [1.82, 2.24) is 14.5 Å². The van der Waals surface area contributed by atoms with Crippen LogP contribution in [0.3, 0.4) is 0 Å². The highest BCUT2D eigenvalue weighted by Gasteiger charge is 2.44. The van der Waals surface area contributed by atoms with Crippen molar-refractivity contribution in [3.8, 4) is 5.75 Å². The summed E-state index contributed by atoms with van der Waals surface area (Å²) in [4.78, 5) is 24.8. The summed E-state index contributed by atoms with van der Waals surface area (Å²) in [6, 6.07) is 11.6. The number of amides is 1. The molecular formula is C38H46ClN7O4S. The van der Waals surface area contributed by atoms with Gasteiger partial charge in [0.2, 0.25) is 0 Å². The number of benzene rings is 2. The van der Waals surface area contributed by atoms with Gasteiger partial charge >= 0.3 is 0 Å². The summed E-state index contributed by atoms with van der Waals surface area (Å²) in [6.45, 7) is 7.47. The molecule has 7 rings (SSSR count). The van der Waals surface area contributed by atoms with E-state index in [0.717, 1.165) is 42.8 Å². The van der Waals surface area contributed by atoms with Crippen LogP contribution in [-0.4, -0.2) is 76.2 Å². The zero-order valence-corrected chi connectivity index (χ0v) is 31.0. The molecule has 2 bridgehead atoms. The number of ether oxygens (including phenoxy) is 1. The van der Waals surface area contributed by atoms with E-state index in [-0.39, 0.29) is 34.8 Å². The fourth-order valence-corrected chi connectivity index (χ4v) is 10.5. The van der Waals surface area contributed by atoms with Gasteiger partial charge in [0, 0.05) is 49.4 Å². The Hall–Kier alpha value is -4.00. The van der Waals surface area contributed by atoms with E-state index >= 15 is 0 Å². The Labute approximate surface area is 305 Å². The quantitative estimate of drug-likeness (QED) is 0.192. The van der Waals surface area contributed by atoms with Crippen LogP contribution in [0.4, 0.5) is 11.5 Å². The van der Waals surface area contributed by atoms with E-state index in [2.05, 4.69) is 47.9 Å². The van der Waals surface area contributed by atoms with E-state index in [0.29, 0.717) is 48.8 Å².